The molecule has 0 radical (unpaired) electrons. The molecule has 6 rings (SSSR count). The number of fused-ring (bicyclic) bond motifs is 6. The molecule has 64 heavy (non-hydrogen) atoms. The van der Waals surface area contributed by atoms with Gasteiger partial charge in [0, 0.05) is 32.0 Å². The fourth-order valence-corrected chi connectivity index (χ4v) is 12.3. The molecule has 1 aromatic carbocycles. The second-order valence-corrected chi connectivity index (χ2v) is 19.3. The van der Waals surface area contributed by atoms with E-state index in [-0.39, 0.29) is 64.6 Å². The third-order valence-electron chi connectivity index (χ3n) is 15.7. The first kappa shape index (κ1) is 49.5. The van der Waals surface area contributed by atoms with Gasteiger partial charge in [0.2, 0.25) is 17.3 Å². The molecule has 358 valence electrons. The predicted octanol–water partition coefficient (Wildman–Crippen LogP) is 5.33. The Hall–Kier alpha value is -3.97. The van der Waals surface area contributed by atoms with Crippen LogP contribution in [-0.2, 0) is 33.3 Å². The fraction of sp³-hybridized carbons (Fsp3) is 0.804. The monoisotopic (exact) mass is 901 g/mol. The summed E-state index contributed by atoms with van der Waals surface area (Å²) in [6.07, 6.45) is 10.5. The van der Waals surface area contributed by atoms with E-state index in [1.807, 2.05) is 0 Å². The van der Waals surface area contributed by atoms with E-state index < -0.39 is 16.9 Å². The Bertz CT molecular complexity index is 1870. The Kier molecular flexibility index (Phi) is 17.8. The highest BCUT2D eigenvalue weighted by molar-refractivity contribution is 5.93. The highest BCUT2D eigenvalue weighted by Crippen LogP contribution is 2.68. The molecule has 4 fully saturated rings. The molecule has 4 saturated carbocycles. The third-order valence-corrected chi connectivity index (χ3v) is 15.7. The molecule has 4 aliphatic rings. The summed E-state index contributed by atoms with van der Waals surface area (Å²) < 4.78 is 26.3. The lowest BCUT2D eigenvalue weighted by atomic mass is 9.43. The maximum atomic E-state index is 13.2. The Morgan fingerprint density at radius 3 is 2.31 bits per heavy atom. The van der Waals surface area contributed by atoms with Crippen LogP contribution >= 0.6 is 0 Å². The van der Waals surface area contributed by atoms with E-state index >= 15 is 0 Å². The number of rotatable bonds is 25. The molecule has 5 unspecified atom stereocenters. The van der Waals surface area contributed by atoms with Crippen molar-refractivity contribution in [1.82, 2.24) is 20.9 Å². The molecule has 2 aromatic rings. The van der Waals surface area contributed by atoms with Crippen LogP contribution < -0.4 is 16.0 Å². The minimum Gasteiger partial charge on any atom is -0.467 e. The van der Waals surface area contributed by atoms with E-state index in [9.17, 15) is 34.7 Å². The van der Waals surface area contributed by atoms with Crippen molar-refractivity contribution in [2.75, 3.05) is 65.2 Å². The lowest BCUT2D eigenvalue weighted by Gasteiger charge is -2.62. The number of esters is 1. The lowest BCUT2D eigenvalue weighted by Crippen LogP contribution is -2.58. The number of amides is 2. The molecule has 0 bridgehead atoms. The van der Waals surface area contributed by atoms with Gasteiger partial charge in [0.1, 0.15) is 6.04 Å². The number of nitrogens with one attached hydrogen (secondary N) is 3. The van der Waals surface area contributed by atoms with Crippen molar-refractivity contribution in [3.63, 3.8) is 0 Å². The maximum Gasteiger partial charge on any atom is 0.328 e. The van der Waals surface area contributed by atoms with Crippen molar-refractivity contribution >= 4 is 40.2 Å². The van der Waals surface area contributed by atoms with Crippen LogP contribution in [0.2, 0.25) is 0 Å². The van der Waals surface area contributed by atoms with E-state index in [0.717, 1.165) is 57.8 Å². The zero-order valence-corrected chi connectivity index (χ0v) is 38.2. The number of nitrogens with zero attached hydrogens (tertiary/aromatic N) is 3. The van der Waals surface area contributed by atoms with Crippen molar-refractivity contribution in [2.24, 2.45) is 46.3 Å². The summed E-state index contributed by atoms with van der Waals surface area (Å²) in [5, 5.41) is 49.4. The summed E-state index contributed by atoms with van der Waals surface area (Å²) in [5.41, 5.74) is 1.06. The molecule has 0 aliphatic heterocycles. The van der Waals surface area contributed by atoms with Gasteiger partial charge in [-0.05, 0) is 140 Å². The number of aromatic nitrogens is 2. The van der Waals surface area contributed by atoms with Crippen LogP contribution in [0.5, 0.6) is 0 Å². The van der Waals surface area contributed by atoms with E-state index in [4.69, 9.17) is 18.9 Å². The number of non-ortho nitro benzene ring substituents is 1. The quantitative estimate of drug-likeness (QED) is 0.0366. The van der Waals surface area contributed by atoms with Gasteiger partial charge in [0.05, 0.1) is 69.6 Å². The highest BCUT2D eigenvalue weighted by Gasteiger charge is 2.62. The number of carbonyl (C=O) groups is 3. The number of aliphatic hydroxyl groups is 2. The summed E-state index contributed by atoms with van der Waals surface area (Å²) >= 11 is 0. The highest BCUT2D eigenvalue weighted by atomic mass is 16.6. The first-order valence-electron chi connectivity index (χ1n) is 23.6. The Balaban J connectivity index is 0.784. The molecule has 2 amide bonds. The van der Waals surface area contributed by atoms with Gasteiger partial charge in [-0.1, -0.05) is 20.8 Å². The second kappa shape index (κ2) is 23.0. The van der Waals surface area contributed by atoms with Crippen molar-refractivity contribution in [2.45, 2.75) is 129 Å². The number of hydrogen-bond acceptors (Lipinski definition) is 15. The zero-order valence-electron chi connectivity index (χ0n) is 38.2. The Morgan fingerprint density at radius 1 is 0.859 bits per heavy atom. The van der Waals surface area contributed by atoms with Crippen LogP contribution in [-0.4, -0.2) is 121 Å². The minimum absolute atomic E-state index is 0.0766. The maximum absolute atomic E-state index is 13.2. The van der Waals surface area contributed by atoms with Gasteiger partial charge < -0.3 is 45.1 Å². The summed E-state index contributed by atoms with van der Waals surface area (Å²) in [6.45, 7) is 10.1. The van der Waals surface area contributed by atoms with E-state index in [0.29, 0.717) is 113 Å². The van der Waals surface area contributed by atoms with Gasteiger partial charge in [-0.3, -0.25) is 19.7 Å². The van der Waals surface area contributed by atoms with Gasteiger partial charge in [-0.25, -0.2) is 9.42 Å². The van der Waals surface area contributed by atoms with Crippen LogP contribution in [0.25, 0.3) is 11.0 Å². The number of aliphatic hydroxyl groups excluding tert-OH is 2. The zero-order chi connectivity index (χ0) is 45.9. The average molecular weight is 901 g/mol. The Morgan fingerprint density at radius 2 is 1.56 bits per heavy atom. The number of benzene rings is 1. The number of anilines is 1. The normalized spacial score (nSPS) is 29.5. The molecular formula is C46H72N6O12. The van der Waals surface area contributed by atoms with Gasteiger partial charge in [0.25, 0.3) is 0 Å². The standard InChI is InChI=1S/C46H72N6O12/c1-29(32-9-10-33-41-34(15-18-46(32,33)3)45(2)17-14-31(53)27-30(45)28-38(41)54)8-13-40(56)49-36(44(57)60-4)7-5-6-19-48-39(55)16-21-61-23-25-63-26-24-62-22-20-47-35-11-12-37(52(58)59)43-42(35)50-64-51-43/h11-12,29-34,36,38,41,47,53-54H,5-10,13-28H2,1-4H3,(H,48,55)(H,49,56)/t29-,30?,31-,32?,33?,34?,36+,38+,41?,45+,46-/m1/s1. The number of unbranched alkanes of at least 4 members (excludes halogenated alkanes) is 1. The number of hydrogen-bond donors (Lipinski definition) is 5. The Labute approximate surface area is 376 Å². The number of ether oxygens (including phenoxy) is 4. The molecule has 4 aliphatic carbocycles. The van der Waals surface area contributed by atoms with Crippen LogP contribution in [0, 0.1) is 56.5 Å². The van der Waals surface area contributed by atoms with Gasteiger partial charge in [-0.2, -0.15) is 0 Å². The first-order valence-corrected chi connectivity index (χ1v) is 23.6. The second-order valence-electron chi connectivity index (χ2n) is 19.3. The summed E-state index contributed by atoms with van der Waals surface area (Å²) in [4.78, 5) is 48.7. The summed E-state index contributed by atoms with van der Waals surface area (Å²) in [5.74, 6) is 1.74. The van der Waals surface area contributed by atoms with Gasteiger partial charge >= 0.3 is 11.7 Å². The lowest BCUT2D eigenvalue weighted by molar-refractivity contribution is -0.383. The fourth-order valence-electron chi connectivity index (χ4n) is 12.3. The number of nitro groups is 1. The summed E-state index contributed by atoms with van der Waals surface area (Å²) in [6, 6.07) is 2.14. The first-order chi connectivity index (χ1) is 30.8. The van der Waals surface area contributed by atoms with Crippen LogP contribution in [0.1, 0.15) is 111 Å². The molecular weight excluding hydrogens is 829 g/mol. The molecule has 11 atom stereocenters. The van der Waals surface area contributed by atoms with Crippen LogP contribution in [0.4, 0.5) is 11.4 Å². The number of carbonyl (C=O) groups excluding carboxylic acids is 3. The SMILES string of the molecule is COC(=O)[C@H](CCCCNC(=O)CCOCCOCCOCCNc1ccc([N+](=O)[O-])c2nonc12)NC(=O)CC[C@@H](C)C1CCC2C3C(CC[C@@]21C)[C@@]1(C)CC[C@@H](O)CC1C[C@@H]3O. The van der Waals surface area contributed by atoms with Gasteiger partial charge in [-0.15, -0.1) is 0 Å². The average Bonchev–Trinajstić information content (AvgIpc) is 3.91. The predicted molar refractivity (Wildman–Crippen MR) is 236 cm³/mol. The van der Waals surface area contributed by atoms with Crippen LogP contribution in [0.15, 0.2) is 16.8 Å². The molecule has 18 heteroatoms. The number of methoxy groups -OCH3 is 1. The molecule has 1 aromatic heterocycles. The van der Waals surface area contributed by atoms with E-state index in [1.54, 1.807) is 6.07 Å². The smallest absolute Gasteiger partial charge is 0.328 e. The molecule has 0 spiro atoms. The third kappa shape index (κ3) is 11.9. The van der Waals surface area contributed by atoms with Gasteiger partial charge in [0.15, 0.2) is 5.52 Å². The van der Waals surface area contributed by atoms with Crippen molar-refractivity contribution in [3.8, 4) is 0 Å². The van der Waals surface area contributed by atoms with Crippen molar-refractivity contribution in [3.05, 3.63) is 22.2 Å². The van der Waals surface area contributed by atoms with E-state index in [1.165, 1.54) is 13.2 Å². The van der Waals surface area contributed by atoms with Crippen LogP contribution in [0.3, 0.4) is 0 Å². The van der Waals surface area contributed by atoms with Crippen molar-refractivity contribution in [1.29, 1.82) is 0 Å². The molecule has 5 N–H and O–H groups in total. The largest absolute Gasteiger partial charge is 0.467 e. The van der Waals surface area contributed by atoms with Crippen molar-refractivity contribution < 1.29 is 53.1 Å². The molecule has 0 saturated heterocycles. The topological polar surface area (TPSA) is 247 Å². The number of nitro benzene ring substituents is 1. The minimum atomic E-state index is -0.746. The van der Waals surface area contributed by atoms with E-state index in [2.05, 4.69) is 51.7 Å². The summed E-state index contributed by atoms with van der Waals surface area (Å²) in [7, 11) is 1.32. The molecule has 1 heterocycles. The molecule has 18 nitrogen and oxygen atoms in total.